The zero-order chi connectivity index (χ0) is 30.7. The van der Waals surface area contributed by atoms with Gasteiger partial charge >= 0.3 is 11.9 Å². The molecule has 0 spiro atoms. The SMILES string of the molecule is C=CCCCCOc1ccc(C(=O)Oc2ccc(OCCCCCCCC)c(C(=O)OCc3ccccc3C#N)c2)cc1. The van der Waals surface area contributed by atoms with Crippen LogP contribution in [0, 0.1) is 11.3 Å². The Morgan fingerprint density at radius 3 is 2.28 bits per heavy atom. The van der Waals surface area contributed by atoms with E-state index in [2.05, 4.69) is 19.6 Å². The fraction of sp³-hybridized carbons (Fsp3) is 0.361. The number of nitrogens with zero attached hydrogens (tertiary/aromatic N) is 1. The molecule has 0 saturated heterocycles. The lowest BCUT2D eigenvalue weighted by Gasteiger charge is -2.14. The summed E-state index contributed by atoms with van der Waals surface area (Å²) in [6, 6.07) is 20.4. The Morgan fingerprint density at radius 1 is 0.814 bits per heavy atom. The van der Waals surface area contributed by atoms with Crippen LogP contribution in [-0.4, -0.2) is 25.2 Å². The van der Waals surface area contributed by atoms with Crippen LogP contribution in [0.1, 0.15) is 96.6 Å². The van der Waals surface area contributed by atoms with Crippen molar-refractivity contribution in [3.05, 3.63) is 102 Å². The van der Waals surface area contributed by atoms with Gasteiger partial charge in [0.25, 0.3) is 0 Å². The van der Waals surface area contributed by atoms with Crippen molar-refractivity contribution < 1.29 is 28.5 Å². The summed E-state index contributed by atoms with van der Waals surface area (Å²) >= 11 is 0. The van der Waals surface area contributed by atoms with Crippen LogP contribution in [0.25, 0.3) is 0 Å². The van der Waals surface area contributed by atoms with E-state index >= 15 is 0 Å². The van der Waals surface area contributed by atoms with Gasteiger partial charge in [0, 0.05) is 5.56 Å². The third-order valence-electron chi connectivity index (χ3n) is 6.79. The molecule has 0 saturated carbocycles. The Hall–Kier alpha value is -4.57. The van der Waals surface area contributed by atoms with E-state index in [4.69, 9.17) is 18.9 Å². The topological polar surface area (TPSA) is 94.8 Å². The molecule has 0 aliphatic carbocycles. The van der Waals surface area contributed by atoms with Crippen molar-refractivity contribution in [2.45, 2.75) is 71.3 Å². The summed E-state index contributed by atoms with van der Waals surface area (Å²) in [7, 11) is 0. The number of carbonyl (C=O) groups excluding carboxylic acids is 2. The Morgan fingerprint density at radius 2 is 1.51 bits per heavy atom. The Kier molecular flexibility index (Phi) is 14.4. The van der Waals surface area contributed by atoms with E-state index in [1.165, 1.54) is 25.3 Å². The molecule has 0 N–H and O–H groups in total. The molecule has 7 nitrogen and oxygen atoms in total. The smallest absolute Gasteiger partial charge is 0.343 e. The average Bonchev–Trinajstić information content (AvgIpc) is 3.04. The lowest BCUT2D eigenvalue weighted by atomic mass is 10.1. The maximum atomic E-state index is 13.2. The zero-order valence-corrected chi connectivity index (χ0v) is 25.0. The summed E-state index contributed by atoms with van der Waals surface area (Å²) in [4.78, 5) is 26.1. The van der Waals surface area contributed by atoms with Crippen LogP contribution in [0.5, 0.6) is 17.2 Å². The van der Waals surface area contributed by atoms with E-state index < -0.39 is 11.9 Å². The summed E-state index contributed by atoms with van der Waals surface area (Å²) < 4.78 is 22.8. The number of nitriles is 1. The summed E-state index contributed by atoms with van der Waals surface area (Å²) in [5.41, 5.74) is 1.52. The molecule has 7 heteroatoms. The van der Waals surface area contributed by atoms with Crippen molar-refractivity contribution in [1.29, 1.82) is 5.26 Å². The molecule has 0 aliphatic heterocycles. The van der Waals surface area contributed by atoms with E-state index in [9.17, 15) is 14.9 Å². The maximum Gasteiger partial charge on any atom is 0.343 e. The molecule has 0 aromatic heterocycles. The zero-order valence-electron chi connectivity index (χ0n) is 25.0. The van der Waals surface area contributed by atoms with E-state index in [0.717, 1.165) is 38.5 Å². The lowest BCUT2D eigenvalue weighted by Crippen LogP contribution is -2.12. The first-order valence-corrected chi connectivity index (χ1v) is 15.0. The Bertz CT molecular complexity index is 1360. The van der Waals surface area contributed by atoms with Gasteiger partial charge in [-0.25, -0.2) is 9.59 Å². The third-order valence-corrected chi connectivity index (χ3v) is 6.79. The predicted molar refractivity (Wildman–Crippen MR) is 167 cm³/mol. The van der Waals surface area contributed by atoms with Gasteiger partial charge in [0.1, 0.15) is 29.4 Å². The van der Waals surface area contributed by atoms with Gasteiger partial charge in [0.05, 0.1) is 30.4 Å². The first-order valence-electron chi connectivity index (χ1n) is 15.0. The van der Waals surface area contributed by atoms with Gasteiger partial charge in [-0.15, -0.1) is 6.58 Å². The third kappa shape index (κ3) is 11.3. The van der Waals surface area contributed by atoms with E-state index in [-0.39, 0.29) is 17.9 Å². The fourth-order valence-electron chi connectivity index (χ4n) is 4.33. The molecule has 3 aromatic rings. The molecular formula is C36H41NO6. The second-order valence-corrected chi connectivity index (χ2v) is 10.2. The van der Waals surface area contributed by atoms with Crippen molar-refractivity contribution in [3.8, 4) is 23.3 Å². The number of hydrogen-bond donors (Lipinski definition) is 0. The molecule has 0 bridgehead atoms. The minimum absolute atomic E-state index is 0.0773. The van der Waals surface area contributed by atoms with E-state index in [1.807, 2.05) is 6.08 Å². The van der Waals surface area contributed by atoms with Crippen molar-refractivity contribution >= 4 is 11.9 Å². The highest BCUT2D eigenvalue weighted by Gasteiger charge is 2.19. The molecule has 0 radical (unpaired) electrons. The monoisotopic (exact) mass is 583 g/mol. The predicted octanol–water partition coefficient (Wildman–Crippen LogP) is 8.61. The summed E-state index contributed by atoms with van der Waals surface area (Å²) in [5, 5.41) is 9.36. The number of hydrogen-bond acceptors (Lipinski definition) is 7. The molecule has 0 heterocycles. The molecule has 0 aliphatic rings. The lowest BCUT2D eigenvalue weighted by molar-refractivity contribution is 0.0466. The van der Waals surface area contributed by atoms with Gasteiger partial charge in [0.2, 0.25) is 0 Å². The van der Waals surface area contributed by atoms with Crippen molar-refractivity contribution in [3.63, 3.8) is 0 Å². The number of ether oxygens (including phenoxy) is 4. The standard InChI is InChI=1S/C36H41NO6/c1-3-5-7-9-10-14-24-41-34-22-21-32(25-33(34)36(39)42-27-30-16-12-11-15-29(30)26-37)43-35(38)28-17-19-31(20-18-28)40-23-13-8-6-4-2/h4,11-12,15-22,25H,2-3,5-10,13-14,23-24,27H2,1H3. The fourth-order valence-corrected chi connectivity index (χ4v) is 4.33. The number of unbranched alkanes of at least 4 members (excludes halogenated alkanes) is 7. The van der Waals surface area contributed by atoms with Gasteiger partial charge in [0.15, 0.2) is 0 Å². The molecule has 3 rings (SSSR count). The normalized spacial score (nSPS) is 10.4. The van der Waals surface area contributed by atoms with Crippen molar-refractivity contribution in [1.82, 2.24) is 0 Å². The summed E-state index contributed by atoms with van der Waals surface area (Å²) in [6.07, 6.45) is 11.4. The van der Waals surface area contributed by atoms with Crippen LogP contribution in [-0.2, 0) is 11.3 Å². The van der Waals surface area contributed by atoms with Crippen LogP contribution >= 0.6 is 0 Å². The van der Waals surface area contributed by atoms with Gasteiger partial charge in [-0.2, -0.15) is 5.26 Å². The first kappa shape index (κ1) is 32.9. The van der Waals surface area contributed by atoms with E-state index in [1.54, 1.807) is 60.7 Å². The van der Waals surface area contributed by atoms with Gasteiger partial charge < -0.3 is 18.9 Å². The second-order valence-electron chi connectivity index (χ2n) is 10.2. The number of allylic oxidation sites excluding steroid dienone is 1. The number of benzene rings is 3. The van der Waals surface area contributed by atoms with Crippen LogP contribution in [0.15, 0.2) is 79.4 Å². The van der Waals surface area contributed by atoms with Crippen LogP contribution in [0.4, 0.5) is 0 Å². The van der Waals surface area contributed by atoms with Gasteiger partial charge in [-0.3, -0.25) is 0 Å². The quantitative estimate of drug-likeness (QED) is 0.0603. The molecule has 43 heavy (non-hydrogen) atoms. The van der Waals surface area contributed by atoms with Gasteiger partial charge in [-0.1, -0.05) is 63.3 Å². The molecule has 0 fully saturated rings. The highest BCUT2D eigenvalue weighted by atomic mass is 16.5. The highest BCUT2D eigenvalue weighted by molar-refractivity contribution is 5.94. The number of carbonyl (C=O) groups is 2. The molecule has 0 amide bonds. The second kappa shape index (κ2) is 18.8. The van der Waals surface area contributed by atoms with Crippen molar-refractivity contribution in [2.24, 2.45) is 0 Å². The Labute approximate surface area is 255 Å². The Balaban J connectivity index is 1.66. The minimum atomic E-state index is -0.641. The van der Waals surface area contributed by atoms with Crippen LogP contribution < -0.4 is 14.2 Å². The number of esters is 2. The van der Waals surface area contributed by atoms with Crippen LogP contribution in [0.3, 0.4) is 0 Å². The average molecular weight is 584 g/mol. The van der Waals surface area contributed by atoms with E-state index in [0.29, 0.717) is 41.4 Å². The molecule has 3 aromatic carbocycles. The molecule has 0 unspecified atom stereocenters. The first-order chi connectivity index (χ1) is 21.0. The summed E-state index contributed by atoms with van der Waals surface area (Å²) in [6.45, 7) is 6.86. The maximum absolute atomic E-state index is 13.2. The van der Waals surface area contributed by atoms with Crippen LogP contribution in [0.2, 0.25) is 0 Å². The minimum Gasteiger partial charge on any atom is -0.494 e. The largest absolute Gasteiger partial charge is 0.494 e. The highest BCUT2D eigenvalue weighted by Crippen LogP contribution is 2.27. The van der Waals surface area contributed by atoms with Crippen molar-refractivity contribution in [2.75, 3.05) is 13.2 Å². The molecule has 226 valence electrons. The molecule has 0 atom stereocenters. The summed E-state index contributed by atoms with van der Waals surface area (Å²) in [5.74, 6) is -0.00546. The van der Waals surface area contributed by atoms with Gasteiger partial charge in [-0.05, 0) is 74.2 Å². The molecular weight excluding hydrogens is 542 g/mol. The number of rotatable bonds is 19.